The number of para-hydroxylation sites is 1. The van der Waals surface area contributed by atoms with E-state index in [2.05, 4.69) is 15.3 Å². The number of aromatic nitrogens is 3. The molecular formula is C19H18N4O2S. The molecule has 2 heterocycles. The van der Waals surface area contributed by atoms with E-state index in [-0.39, 0.29) is 6.10 Å². The Labute approximate surface area is 156 Å². The lowest BCUT2D eigenvalue weighted by Gasteiger charge is -2.08. The summed E-state index contributed by atoms with van der Waals surface area (Å²) in [6, 6.07) is 17.4. The summed E-state index contributed by atoms with van der Waals surface area (Å²) in [4.78, 5) is 0. The highest BCUT2D eigenvalue weighted by molar-refractivity contribution is 7.71. The Hall–Kier alpha value is -2.77. The first kappa shape index (κ1) is 16.7. The van der Waals surface area contributed by atoms with Gasteiger partial charge in [0.15, 0.2) is 5.82 Å². The summed E-state index contributed by atoms with van der Waals surface area (Å²) in [7, 11) is 0. The normalized spacial score (nSPS) is 17.0. The maximum Gasteiger partial charge on any atom is 0.216 e. The van der Waals surface area contributed by atoms with Crippen LogP contribution in [-0.4, -0.2) is 27.7 Å². The van der Waals surface area contributed by atoms with E-state index < -0.39 is 0 Å². The van der Waals surface area contributed by atoms with E-state index in [1.807, 2.05) is 54.6 Å². The van der Waals surface area contributed by atoms with Crippen molar-refractivity contribution in [2.75, 3.05) is 6.61 Å². The van der Waals surface area contributed by atoms with Crippen molar-refractivity contribution in [1.29, 1.82) is 0 Å². The van der Waals surface area contributed by atoms with E-state index in [1.54, 1.807) is 10.9 Å². The molecule has 6 nitrogen and oxygen atoms in total. The first-order chi connectivity index (χ1) is 12.8. The van der Waals surface area contributed by atoms with E-state index >= 15 is 0 Å². The average Bonchev–Trinajstić information content (AvgIpc) is 3.31. The van der Waals surface area contributed by atoms with Crippen molar-refractivity contribution in [2.45, 2.75) is 18.9 Å². The zero-order chi connectivity index (χ0) is 17.8. The van der Waals surface area contributed by atoms with Crippen LogP contribution in [0.15, 0.2) is 59.7 Å². The molecule has 132 valence electrons. The van der Waals surface area contributed by atoms with Gasteiger partial charge in [0.25, 0.3) is 0 Å². The fourth-order valence-electron chi connectivity index (χ4n) is 2.81. The van der Waals surface area contributed by atoms with Gasteiger partial charge in [-0.2, -0.15) is 14.9 Å². The summed E-state index contributed by atoms with van der Waals surface area (Å²) in [5.74, 6) is 2.25. The molecule has 0 bridgehead atoms. The summed E-state index contributed by atoms with van der Waals surface area (Å²) in [5.41, 5.74) is 0.903. The smallest absolute Gasteiger partial charge is 0.216 e. The Bertz CT molecular complexity index is 959. The second kappa shape index (κ2) is 7.63. The fraction of sp³-hybridized carbons (Fsp3) is 0.211. The molecule has 1 aromatic heterocycles. The van der Waals surface area contributed by atoms with Crippen molar-refractivity contribution in [3.05, 3.63) is 70.8 Å². The van der Waals surface area contributed by atoms with Gasteiger partial charge in [-0.05, 0) is 54.9 Å². The second-order valence-electron chi connectivity index (χ2n) is 5.93. The minimum Gasteiger partial charge on any atom is -0.457 e. The van der Waals surface area contributed by atoms with Crippen LogP contribution < -0.4 is 4.74 Å². The quantitative estimate of drug-likeness (QED) is 0.535. The van der Waals surface area contributed by atoms with Crippen LogP contribution in [0.1, 0.15) is 30.3 Å². The lowest BCUT2D eigenvalue weighted by Crippen LogP contribution is -2.05. The minimum atomic E-state index is -0.0622. The molecule has 1 N–H and O–H groups in total. The molecule has 0 saturated carbocycles. The predicted molar refractivity (Wildman–Crippen MR) is 101 cm³/mol. The van der Waals surface area contributed by atoms with Crippen LogP contribution in [-0.2, 0) is 4.74 Å². The highest BCUT2D eigenvalue weighted by atomic mass is 32.1. The highest BCUT2D eigenvalue weighted by Crippen LogP contribution is 2.27. The molecule has 0 unspecified atom stereocenters. The van der Waals surface area contributed by atoms with Gasteiger partial charge in [-0.15, -0.1) is 0 Å². The van der Waals surface area contributed by atoms with E-state index in [0.29, 0.717) is 10.6 Å². The van der Waals surface area contributed by atoms with Gasteiger partial charge in [0.1, 0.15) is 17.6 Å². The number of nitrogens with one attached hydrogen (secondary N) is 1. The summed E-state index contributed by atoms with van der Waals surface area (Å²) < 4.78 is 13.6. The predicted octanol–water partition coefficient (Wildman–Crippen LogP) is 4.47. The summed E-state index contributed by atoms with van der Waals surface area (Å²) in [6.07, 6.45) is 3.62. The van der Waals surface area contributed by atoms with Crippen molar-refractivity contribution in [2.24, 2.45) is 5.10 Å². The Balaban J connectivity index is 1.55. The third kappa shape index (κ3) is 3.74. The number of hydrogen-bond donors (Lipinski definition) is 1. The van der Waals surface area contributed by atoms with Crippen molar-refractivity contribution >= 4 is 18.4 Å². The Morgan fingerprint density at radius 3 is 2.85 bits per heavy atom. The van der Waals surface area contributed by atoms with Gasteiger partial charge in [-0.3, -0.25) is 5.10 Å². The zero-order valence-corrected chi connectivity index (χ0v) is 14.9. The van der Waals surface area contributed by atoms with Gasteiger partial charge in [-0.25, -0.2) is 0 Å². The van der Waals surface area contributed by atoms with Crippen molar-refractivity contribution in [3.8, 4) is 11.5 Å². The van der Waals surface area contributed by atoms with E-state index in [4.69, 9.17) is 21.7 Å². The monoisotopic (exact) mass is 366 g/mol. The molecule has 2 aromatic carbocycles. The van der Waals surface area contributed by atoms with Crippen LogP contribution in [0.3, 0.4) is 0 Å². The van der Waals surface area contributed by atoms with Gasteiger partial charge in [0.2, 0.25) is 4.77 Å². The van der Waals surface area contributed by atoms with Gasteiger partial charge < -0.3 is 9.47 Å². The largest absolute Gasteiger partial charge is 0.457 e. The molecule has 1 aliphatic heterocycles. The molecule has 7 heteroatoms. The molecule has 3 aromatic rings. The average molecular weight is 366 g/mol. The summed E-state index contributed by atoms with van der Waals surface area (Å²) in [6.45, 7) is 0.743. The van der Waals surface area contributed by atoms with Crippen LogP contribution in [0.5, 0.6) is 11.5 Å². The molecule has 1 saturated heterocycles. The standard InChI is InChI=1S/C19H18N4O2S/c26-19-22-21-18(17-10-5-11-24-17)23(19)20-13-14-6-4-9-16(12-14)25-15-7-2-1-3-8-15/h1-4,6-9,12-13,17H,5,10-11H2,(H,22,26)/b20-13-/t17-/m1/s1. The zero-order valence-electron chi connectivity index (χ0n) is 14.0. The number of rotatable bonds is 5. The first-order valence-electron chi connectivity index (χ1n) is 8.46. The SMILES string of the molecule is S=c1[nH]nc([C@H]2CCCO2)n1/N=C\c1cccc(Oc2ccccc2)c1. The van der Waals surface area contributed by atoms with Crippen LogP contribution in [0.25, 0.3) is 0 Å². The van der Waals surface area contributed by atoms with Crippen LogP contribution in [0.2, 0.25) is 0 Å². The lowest BCUT2D eigenvalue weighted by atomic mass is 10.2. The molecule has 1 fully saturated rings. The van der Waals surface area contributed by atoms with E-state index in [1.165, 1.54) is 0 Å². The number of ether oxygens (including phenoxy) is 2. The molecule has 0 radical (unpaired) electrons. The van der Waals surface area contributed by atoms with Crippen molar-refractivity contribution < 1.29 is 9.47 Å². The molecule has 0 aliphatic carbocycles. The minimum absolute atomic E-state index is 0.0622. The molecular weight excluding hydrogens is 348 g/mol. The van der Waals surface area contributed by atoms with E-state index in [0.717, 1.165) is 36.5 Å². The number of H-pyrrole nitrogens is 1. The summed E-state index contributed by atoms with van der Waals surface area (Å²) in [5, 5.41) is 11.5. The van der Waals surface area contributed by atoms with Crippen LogP contribution in [0.4, 0.5) is 0 Å². The van der Waals surface area contributed by atoms with Gasteiger partial charge in [0.05, 0.1) is 6.21 Å². The molecule has 1 aliphatic rings. The van der Waals surface area contributed by atoms with E-state index in [9.17, 15) is 0 Å². The molecule has 0 amide bonds. The third-order valence-electron chi connectivity index (χ3n) is 4.05. The maximum absolute atomic E-state index is 5.86. The lowest BCUT2D eigenvalue weighted by molar-refractivity contribution is 0.102. The van der Waals surface area contributed by atoms with Crippen molar-refractivity contribution in [3.63, 3.8) is 0 Å². The number of hydrogen-bond acceptors (Lipinski definition) is 5. The highest BCUT2D eigenvalue weighted by Gasteiger charge is 2.23. The first-order valence-corrected chi connectivity index (χ1v) is 8.87. The molecule has 4 rings (SSSR count). The maximum atomic E-state index is 5.86. The van der Waals surface area contributed by atoms with Gasteiger partial charge >= 0.3 is 0 Å². The Morgan fingerprint density at radius 2 is 2.04 bits per heavy atom. The number of aromatic amines is 1. The van der Waals surface area contributed by atoms with Crippen molar-refractivity contribution in [1.82, 2.24) is 14.9 Å². The fourth-order valence-corrected chi connectivity index (χ4v) is 3.00. The van der Waals surface area contributed by atoms with Gasteiger partial charge in [-0.1, -0.05) is 30.3 Å². The number of nitrogens with zero attached hydrogens (tertiary/aromatic N) is 3. The summed E-state index contributed by atoms with van der Waals surface area (Å²) >= 11 is 5.29. The Morgan fingerprint density at radius 1 is 1.19 bits per heavy atom. The molecule has 0 spiro atoms. The third-order valence-corrected chi connectivity index (χ3v) is 4.32. The molecule has 26 heavy (non-hydrogen) atoms. The topological polar surface area (TPSA) is 64.4 Å². The van der Waals surface area contributed by atoms with Crippen LogP contribution in [0, 0.1) is 4.77 Å². The van der Waals surface area contributed by atoms with Gasteiger partial charge in [0, 0.05) is 6.61 Å². The number of benzene rings is 2. The Kier molecular flexibility index (Phi) is 4.90. The second-order valence-corrected chi connectivity index (χ2v) is 6.32. The van der Waals surface area contributed by atoms with Crippen LogP contribution >= 0.6 is 12.2 Å². The molecule has 1 atom stereocenters.